The number of hydrogen-bond acceptors (Lipinski definition) is 1. The van der Waals surface area contributed by atoms with Crippen LogP contribution >= 0.6 is 0 Å². The highest BCUT2D eigenvalue weighted by Gasteiger charge is 2.19. The number of rotatable bonds is 2. The minimum atomic E-state index is 0.468. The van der Waals surface area contributed by atoms with Gasteiger partial charge in [0.2, 0.25) is 0 Å². The van der Waals surface area contributed by atoms with Crippen molar-refractivity contribution in [2.24, 2.45) is 5.92 Å². The highest BCUT2D eigenvalue weighted by Crippen LogP contribution is 2.22. The van der Waals surface area contributed by atoms with Crippen LogP contribution in [0.2, 0.25) is 0 Å². The monoisotopic (exact) mass is 126 g/mol. The van der Waals surface area contributed by atoms with Gasteiger partial charge in [0.05, 0.1) is 6.26 Å². The van der Waals surface area contributed by atoms with Gasteiger partial charge in [-0.2, -0.15) is 0 Å². The van der Waals surface area contributed by atoms with Crippen molar-refractivity contribution in [1.82, 2.24) is 0 Å². The quantitative estimate of drug-likeness (QED) is 0.551. The standard InChI is InChI=1S/C8H14O/c1-3-7-5-6-9-8(7)4-2/h5-8H,3-4H2,1-2H3. The molecular formula is C8H14O. The lowest BCUT2D eigenvalue weighted by Gasteiger charge is -2.13. The van der Waals surface area contributed by atoms with Gasteiger partial charge in [-0.1, -0.05) is 13.8 Å². The third-order valence-electron chi connectivity index (χ3n) is 1.93. The molecule has 1 heteroatoms. The molecule has 9 heavy (non-hydrogen) atoms. The van der Waals surface area contributed by atoms with Crippen molar-refractivity contribution in [2.75, 3.05) is 0 Å². The molecule has 1 rings (SSSR count). The summed E-state index contributed by atoms with van der Waals surface area (Å²) in [6.07, 6.45) is 6.80. The van der Waals surface area contributed by atoms with Crippen LogP contribution in [0.5, 0.6) is 0 Å². The van der Waals surface area contributed by atoms with Gasteiger partial charge < -0.3 is 4.74 Å². The second-order valence-corrected chi connectivity index (χ2v) is 2.48. The maximum Gasteiger partial charge on any atom is 0.104 e. The fourth-order valence-electron chi connectivity index (χ4n) is 1.27. The lowest BCUT2D eigenvalue weighted by Crippen LogP contribution is -2.13. The predicted octanol–water partition coefficient (Wildman–Crippen LogP) is 2.34. The van der Waals surface area contributed by atoms with E-state index in [0.29, 0.717) is 12.0 Å². The summed E-state index contributed by atoms with van der Waals surface area (Å²) in [6, 6.07) is 0. The largest absolute Gasteiger partial charge is 0.498 e. The van der Waals surface area contributed by atoms with Gasteiger partial charge in [0, 0.05) is 5.92 Å². The van der Waals surface area contributed by atoms with Gasteiger partial charge in [0.15, 0.2) is 0 Å². The lowest BCUT2D eigenvalue weighted by atomic mass is 9.99. The molecule has 0 aliphatic carbocycles. The Morgan fingerprint density at radius 1 is 1.33 bits per heavy atom. The lowest BCUT2D eigenvalue weighted by molar-refractivity contribution is 0.129. The molecule has 0 N–H and O–H groups in total. The molecule has 0 radical (unpaired) electrons. The summed E-state index contributed by atoms with van der Waals surface area (Å²) in [5.41, 5.74) is 0. The fraction of sp³-hybridized carbons (Fsp3) is 0.750. The molecule has 2 unspecified atom stereocenters. The molecule has 0 amide bonds. The molecule has 1 aliphatic heterocycles. The minimum absolute atomic E-state index is 0.468. The Hall–Kier alpha value is -0.460. The zero-order chi connectivity index (χ0) is 6.69. The predicted molar refractivity (Wildman–Crippen MR) is 38.1 cm³/mol. The van der Waals surface area contributed by atoms with Gasteiger partial charge in [-0.25, -0.2) is 0 Å². The van der Waals surface area contributed by atoms with E-state index in [0.717, 1.165) is 6.42 Å². The number of ether oxygens (including phenoxy) is 1. The van der Waals surface area contributed by atoms with Crippen LogP contribution in [0.3, 0.4) is 0 Å². The molecule has 0 aromatic carbocycles. The normalized spacial score (nSPS) is 32.7. The van der Waals surface area contributed by atoms with Gasteiger partial charge in [-0.05, 0) is 18.9 Å². The molecule has 1 heterocycles. The summed E-state index contributed by atoms with van der Waals surface area (Å²) in [4.78, 5) is 0. The maximum absolute atomic E-state index is 5.33. The van der Waals surface area contributed by atoms with E-state index in [2.05, 4.69) is 19.9 Å². The highest BCUT2D eigenvalue weighted by molar-refractivity contribution is 4.94. The Morgan fingerprint density at radius 3 is 2.56 bits per heavy atom. The molecule has 0 aromatic rings. The topological polar surface area (TPSA) is 9.23 Å². The Labute approximate surface area is 56.7 Å². The first kappa shape index (κ1) is 6.66. The van der Waals surface area contributed by atoms with E-state index < -0.39 is 0 Å². The average Bonchev–Trinajstić information content (AvgIpc) is 2.33. The van der Waals surface area contributed by atoms with Crippen LogP contribution in [0.4, 0.5) is 0 Å². The smallest absolute Gasteiger partial charge is 0.104 e. The fourth-order valence-corrected chi connectivity index (χ4v) is 1.27. The second kappa shape index (κ2) is 2.90. The van der Waals surface area contributed by atoms with Gasteiger partial charge in [-0.15, -0.1) is 0 Å². The van der Waals surface area contributed by atoms with Crippen LogP contribution in [0.1, 0.15) is 26.7 Å². The molecular weight excluding hydrogens is 112 g/mol. The average molecular weight is 126 g/mol. The molecule has 0 spiro atoms. The molecule has 0 saturated heterocycles. The third-order valence-corrected chi connectivity index (χ3v) is 1.93. The van der Waals surface area contributed by atoms with Crippen molar-refractivity contribution < 1.29 is 4.74 Å². The van der Waals surface area contributed by atoms with E-state index in [-0.39, 0.29) is 0 Å². The summed E-state index contributed by atoms with van der Waals surface area (Å²) in [5, 5.41) is 0. The van der Waals surface area contributed by atoms with Crippen LogP contribution in [0.25, 0.3) is 0 Å². The maximum atomic E-state index is 5.33. The van der Waals surface area contributed by atoms with Gasteiger partial charge >= 0.3 is 0 Å². The van der Waals surface area contributed by atoms with Crippen molar-refractivity contribution in [3.05, 3.63) is 12.3 Å². The van der Waals surface area contributed by atoms with Crippen molar-refractivity contribution in [2.45, 2.75) is 32.8 Å². The van der Waals surface area contributed by atoms with Crippen LogP contribution in [-0.4, -0.2) is 6.10 Å². The molecule has 0 bridgehead atoms. The van der Waals surface area contributed by atoms with E-state index in [1.165, 1.54) is 6.42 Å². The zero-order valence-corrected chi connectivity index (χ0v) is 6.13. The Morgan fingerprint density at radius 2 is 2.11 bits per heavy atom. The van der Waals surface area contributed by atoms with E-state index in [4.69, 9.17) is 4.74 Å². The van der Waals surface area contributed by atoms with Crippen molar-refractivity contribution >= 4 is 0 Å². The van der Waals surface area contributed by atoms with Crippen LogP contribution in [0.15, 0.2) is 12.3 Å². The van der Waals surface area contributed by atoms with E-state index in [9.17, 15) is 0 Å². The molecule has 0 fully saturated rings. The molecule has 52 valence electrons. The molecule has 2 atom stereocenters. The molecule has 1 aliphatic rings. The van der Waals surface area contributed by atoms with Crippen molar-refractivity contribution in [3.63, 3.8) is 0 Å². The van der Waals surface area contributed by atoms with E-state index in [1.807, 2.05) is 6.26 Å². The van der Waals surface area contributed by atoms with Crippen LogP contribution < -0.4 is 0 Å². The van der Waals surface area contributed by atoms with Crippen LogP contribution in [-0.2, 0) is 4.74 Å². The van der Waals surface area contributed by atoms with Crippen molar-refractivity contribution in [3.8, 4) is 0 Å². The van der Waals surface area contributed by atoms with Crippen molar-refractivity contribution in [1.29, 1.82) is 0 Å². The first-order valence-electron chi connectivity index (χ1n) is 3.70. The molecule has 1 nitrogen and oxygen atoms in total. The van der Waals surface area contributed by atoms with Gasteiger partial charge in [0.1, 0.15) is 6.10 Å². The second-order valence-electron chi connectivity index (χ2n) is 2.48. The Kier molecular flexibility index (Phi) is 2.15. The molecule has 0 saturated carbocycles. The highest BCUT2D eigenvalue weighted by atomic mass is 16.5. The summed E-state index contributed by atoms with van der Waals surface area (Å²) in [5.74, 6) is 0.676. The summed E-state index contributed by atoms with van der Waals surface area (Å²) in [7, 11) is 0. The summed E-state index contributed by atoms with van der Waals surface area (Å²) in [6.45, 7) is 4.37. The minimum Gasteiger partial charge on any atom is -0.498 e. The first-order valence-corrected chi connectivity index (χ1v) is 3.70. The summed E-state index contributed by atoms with van der Waals surface area (Å²) >= 11 is 0. The summed E-state index contributed by atoms with van der Waals surface area (Å²) < 4.78 is 5.33. The van der Waals surface area contributed by atoms with Crippen LogP contribution in [0, 0.1) is 5.92 Å². The zero-order valence-electron chi connectivity index (χ0n) is 6.13. The Balaban J connectivity index is 2.39. The van der Waals surface area contributed by atoms with Gasteiger partial charge in [-0.3, -0.25) is 0 Å². The first-order chi connectivity index (χ1) is 4.38. The van der Waals surface area contributed by atoms with E-state index >= 15 is 0 Å². The number of hydrogen-bond donors (Lipinski definition) is 0. The third kappa shape index (κ3) is 1.26. The van der Waals surface area contributed by atoms with E-state index in [1.54, 1.807) is 0 Å². The van der Waals surface area contributed by atoms with Gasteiger partial charge in [0.25, 0.3) is 0 Å². The Bertz CT molecular complexity index is 107. The SMILES string of the molecule is CCC1C=COC1CC. The molecule has 0 aromatic heterocycles.